The van der Waals surface area contributed by atoms with Crippen LogP contribution in [0, 0.1) is 0 Å². The minimum Gasteiger partial charge on any atom is -0.444 e. The van der Waals surface area contributed by atoms with E-state index in [2.05, 4.69) is 41.8 Å². The van der Waals surface area contributed by atoms with Crippen molar-refractivity contribution >= 4 is 6.09 Å². The molecule has 0 spiro atoms. The summed E-state index contributed by atoms with van der Waals surface area (Å²) in [6, 6.07) is 11.7. The Morgan fingerprint density at radius 3 is 2.52 bits per heavy atom. The van der Waals surface area contributed by atoms with Crippen LogP contribution in [0.2, 0.25) is 0 Å². The Bertz CT molecular complexity index is 496. The van der Waals surface area contributed by atoms with Gasteiger partial charge in [0.05, 0.1) is 0 Å². The van der Waals surface area contributed by atoms with Gasteiger partial charge in [0.25, 0.3) is 0 Å². The molecule has 2 rings (SSSR count). The molecule has 1 fully saturated rings. The summed E-state index contributed by atoms with van der Waals surface area (Å²) in [6.07, 6.45) is 3.80. The van der Waals surface area contributed by atoms with E-state index in [0.717, 1.165) is 25.7 Å². The summed E-state index contributed by atoms with van der Waals surface area (Å²) in [5, 5.41) is 6.67. The summed E-state index contributed by atoms with van der Waals surface area (Å²) >= 11 is 0. The van der Waals surface area contributed by atoms with Crippen molar-refractivity contribution in [1.82, 2.24) is 10.6 Å². The molecule has 1 amide bonds. The molecule has 0 saturated heterocycles. The number of benzene rings is 1. The minimum absolute atomic E-state index is 0.214. The smallest absolute Gasteiger partial charge is 0.407 e. The van der Waals surface area contributed by atoms with Crippen LogP contribution >= 0.6 is 0 Å². The van der Waals surface area contributed by atoms with Crippen molar-refractivity contribution in [3.05, 3.63) is 35.9 Å². The lowest BCUT2D eigenvalue weighted by Gasteiger charge is -2.22. The SMILES string of the molecule is CC(Cc1ccccc1)NC1CCC(NC(=O)OC(C)(C)C)C1. The third-order valence-electron chi connectivity index (χ3n) is 4.06. The maximum atomic E-state index is 11.8. The van der Waals surface area contributed by atoms with Gasteiger partial charge in [0.1, 0.15) is 5.60 Å². The van der Waals surface area contributed by atoms with Crippen molar-refractivity contribution in [1.29, 1.82) is 0 Å². The van der Waals surface area contributed by atoms with Crippen LogP contribution in [0.3, 0.4) is 0 Å². The van der Waals surface area contributed by atoms with E-state index in [1.54, 1.807) is 0 Å². The van der Waals surface area contributed by atoms with E-state index in [0.29, 0.717) is 12.1 Å². The predicted molar refractivity (Wildman–Crippen MR) is 93.5 cm³/mol. The first-order chi connectivity index (χ1) is 10.8. The Morgan fingerprint density at radius 1 is 1.22 bits per heavy atom. The first kappa shape index (κ1) is 17.8. The third-order valence-corrected chi connectivity index (χ3v) is 4.06. The number of hydrogen-bond donors (Lipinski definition) is 2. The van der Waals surface area contributed by atoms with Crippen LogP contribution in [-0.2, 0) is 11.2 Å². The summed E-state index contributed by atoms with van der Waals surface area (Å²) in [5.74, 6) is 0. The summed E-state index contributed by atoms with van der Waals surface area (Å²) < 4.78 is 5.32. The molecule has 1 aromatic carbocycles. The quantitative estimate of drug-likeness (QED) is 0.871. The number of amides is 1. The molecule has 1 aliphatic carbocycles. The summed E-state index contributed by atoms with van der Waals surface area (Å²) in [5.41, 5.74) is 0.916. The van der Waals surface area contributed by atoms with Crippen molar-refractivity contribution in [2.45, 2.75) is 77.1 Å². The molecule has 1 aromatic rings. The number of nitrogens with one attached hydrogen (secondary N) is 2. The molecule has 23 heavy (non-hydrogen) atoms. The molecular weight excluding hydrogens is 288 g/mol. The topological polar surface area (TPSA) is 50.4 Å². The largest absolute Gasteiger partial charge is 0.444 e. The van der Waals surface area contributed by atoms with Gasteiger partial charge in [-0.1, -0.05) is 30.3 Å². The Hall–Kier alpha value is -1.55. The van der Waals surface area contributed by atoms with Gasteiger partial charge in [0.15, 0.2) is 0 Å². The van der Waals surface area contributed by atoms with Gasteiger partial charge >= 0.3 is 6.09 Å². The molecule has 0 aliphatic heterocycles. The highest BCUT2D eigenvalue weighted by molar-refractivity contribution is 5.68. The van der Waals surface area contributed by atoms with Crippen LogP contribution in [0.25, 0.3) is 0 Å². The van der Waals surface area contributed by atoms with E-state index >= 15 is 0 Å². The zero-order valence-corrected chi connectivity index (χ0v) is 14.8. The number of alkyl carbamates (subject to hydrolysis) is 1. The highest BCUT2D eigenvalue weighted by Gasteiger charge is 2.28. The van der Waals surface area contributed by atoms with Gasteiger partial charge in [0.2, 0.25) is 0 Å². The highest BCUT2D eigenvalue weighted by Crippen LogP contribution is 2.21. The van der Waals surface area contributed by atoms with Crippen molar-refractivity contribution < 1.29 is 9.53 Å². The van der Waals surface area contributed by atoms with Gasteiger partial charge in [0, 0.05) is 18.1 Å². The molecule has 1 aliphatic rings. The predicted octanol–water partition coefficient (Wildman–Crippen LogP) is 3.65. The molecule has 128 valence electrons. The second-order valence-corrected chi connectivity index (χ2v) is 7.61. The van der Waals surface area contributed by atoms with Crippen LogP contribution in [-0.4, -0.2) is 29.8 Å². The van der Waals surface area contributed by atoms with E-state index in [9.17, 15) is 4.79 Å². The van der Waals surface area contributed by atoms with E-state index in [-0.39, 0.29) is 12.1 Å². The number of rotatable bonds is 5. The fourth-order valence-electron chi connectivity index (χ4n) is 3.17. The fraction of sp³-hybridized carbons (Fsp3) is 0.632. The molecule has 0 bridgehead atoms. The van der Waals surface area contributed by atoms with Crippen LogP contribution < -0.4 is 10.6 Å². The fourth-order valence-corrected chi connectivity index (χ4v) is 3.17. The molecule has 1 saturated carbocycles. The van der Waals surface area contributed by atoms with E-state index < -0.39 is 5.60 Å². The lowest BCUT2D eigenvalue weighted by atomic mass is 10.1. The monoisotopic (exact) mass is 318 g/mol. The van der Waals surface area contributed by atoms with Crippen LogP contribution in [0.4, 0.5) is 4.79 Å². The number of ether oxygens (including phenoxy) is 1. The maximum absolute atomic E-state index is 11.8. The Kier molecular flexibility index (Phi) is 6.05. The van der Waals surface area contributed by atoms with Crippen LogP contribution in [0.5, 0.6) is 0 Å². The average Bonchev–Trinajstić information content (AvgIpc) is 2.84. The van der Waals surface area contributed by atoms with Gasteiger partial charge in [-0.05, 0) is 58.9 Å². The van der Waals surface area contributed by atoms with Crippen molar-refractivity contribution in [3.8, 4) is 0 Å². The second-order valence-electron chi connectivity index (χ2n) is 7.61. The molecule has 0 aromatic heterocycles. The Labute approximate surface area is 140 Å². The van der Waals surface area contributed by atoms with Gasteiger partial charge < -0.3 is 15.4 Å². The molecule has 4 heteroatoms. The maximum Gasteiger partial charge on any atom is 0.407 e. The molecule has 3 unspecified atom stereocenters. The first-order valence-corrected chi connectivity index (χ1v) is 8.61. The molecule has 0 heterocycles. The Balaban J connectivity index is 1.71. The van der Waals surface area contributed by atoms with E-state index in [1.165, 1.54) is 5.56 Å². The van der Waals surface area contributed by atoms with E-state index in [1.807, 2.05) is 26.8 Å². The first-order valence-electron chi connectivity index (χ1n) is 8.61. The lowest BCUT2D eigenvalue weighted by molar-refractivity contribution is 0.0505. The highest BCUT2D eigenvalue weighted by atomic mass is 16.6. The summed E-state index contributed by atoms with van der Waals surface area (Å²) in [6.45, 7) is 7.88. The summed E-state index contributed by atoms with van der Waals surface area (Å²) in [4.78, 5) is 11.8. The molecule has 0 radical (unpaired) electrons. The minimum atomic E-state index is -0.440. The normalized spacial score (nSPS) is 22.6. The average molecular weight is 318 g/mol. The standard InChI is InChI=1S/C19H30N2O2/c1-14(12-15-8-6-5-7-9-15)20-16-10-11-17(13-16)21-18(22)23-19(2,3)4/h5-9,14,16-17,20H,10-13H2,1-4H3,(H,21,22). The van der Waals surface area contributed by atoms with Crippen LogP contribution in [0.1, 0.15) is 52.5 Å². The van der Waals surface area contributed by atoms with Crippen molar-refractivity contribution in [2.24, 2.45) is 0 Å². The number of hydrogen-bond acceptors (Lipinski definition) is 3. The number of carbonyl (C=O) groups excluding carboxylic acids is 1. The molecule has 3 atom stereocenters. The zero-order valence-electron chi connectivity index (χ0n) is 14.8. The van der Waals surface area contributed by atoms with E-state index in [4.69, 9.17) is 4.74 Å². The molecular formula is C19H30N2O2. The van der Waals surface area contributed by atoms with Gasteiger partial charge in [-0.15, -0.1) is 0 Å². The third kappa shape index (κ3) is 6.61. The van der Waals surface area contributed by atoms with Gasteiger partial charge in [-0.3, -0.25) is 0 Å². The lowest BCUT2D eigenvalue weighted by Crippen LogP contribution is -2.40. The molecule has 4 nitrogen and oxygen atoms in total. The number of carbonyl (C=O) groups is 1. The van der Waals surface area contributed by atoms with Gasteiger partial charge in [-0.2, -0.15) is 0 Å². The Morgan fingerprint density at radius 2 is 1.87 bits per heavy atom. The second kappa shape index (κ2) is 7.82. The van der Waals surface area contributed by atoms with Crippen molar-refractivity contribution in [2.75, 3.05) is 0 Å². The van der Waals surface area contributed by atoms with Crippen molar-refractivity contribution in [3.63, 3.8) is 0 Å². The zero-order chi connectivity index (χ0) is 16.9. The van der Waals surface area contributed by atoms with Crippen LogP contribution in [0.15, 0.2) is 30.3 Å². The summed E-state index contributed by atoms with van der Waals surface area (Å²) in [7, 11) is 0. The van der Waals surface area contributed by atoms with Gasteiger partial charge in [-0.25, -0.2) is 4.79 Å². The molecule has 2 N–H and O–H groups in total.